The van der Waals surface area contributed by atoms with Crippen LogP contribution in [0.3, 0.4) is 0 Å². The minimum Gasteiger partial charge on any atom is -0.495 e. The maximum atomic E-state index is 14.6. The van der Waals surface area contributed by atoms with Gasteiger partial charge in [0.25, 0.3) is 0 Å². The van der Waals surface area contributed by atoms with E-state index in [1.807, 2.05) is 0 Å². The van der Waals surface area contributed by atoms with Crippen LogP contribution in [0.1, 0.15) is 26.5 Å². The van der Waals surface area contributed by atoms with Crippen molar-refractivity contribution in [2.75, 3.05) is 20.3 Å². The second-order valence-electron chi connectivity index (χ2n) is 8.37. The molecule has 0 fully saturated rings. The van der Waals surface area contributed by atoms with E-state index in [-0.39, 0.29) is 28.8 Å². The van der Waals surface area contributed by atoms with Gasteiger partial charge in [0.2, 0.25) is 0 Å². The molecule has 0 N–H and O–H groups in total. The van der Waals surface area contributed by atoms with Gasteiger partial charge in [-0.1, -0.05) is 27.4 Å². The van der Waals surface area contributed by atoms with Crippen LogP contribution in [0.5, 0.6) is 5.75 Å². The smallest absolute Gasteiger partial charge is 0.192 e. The summed E-state index contributed by atoms with van der Waals surface area (Å²) in [5, 5.41) is 0.0482. The Bertz CT molecular complexity index is 903. The van der Waals surface area contributed by atoms with Crippen molar-refractivity contribution in [1.29, 1.82) is 0 Å². The minimum absolute atomic E-state index is 0.00885. The van der Waals surface area contributed by atoms with E-state index in [1.54, 1.807) is 0 Å². The van der Waals surface area contributed by atoms with Crippen molar-refractivity contribution < 1.29 is 27.1 Å². The zero-order valence-corrected chi connectivity index (χ0v) is 19.2. The highest BCUT2D eigenvalue weighted by Gasteiger charge is 2.36. The third kappa shape index (κ3) is 5.43. The number of nitrogens with zero attached hydrogens (tertiary/aromatic N) is 1. The SMILES string of the molecule is C=C(OC)c1ccc(F)c(-c2c(F)cc(OCCO[Si](C)(C)C(C)(C)C)cc2F)n1. The summed E-state index contributed by atoms with van der Waals surface area (Å²) in [6, 6.07) is 4.39. The Labute approximate surface area is 176 Å². The molecule has 0 aliphatic rings. The van der Waals surface area contributed by atoms with Crippen LogP contribution in [0.2, 0.25) is 18.1 Å². The Morgan fingerprint density at radius 2 is 1.63 bits per heavy atom. The highest BCUT2D eigenvalue weighted by Crippen LogP contribution is 2.36. The first-order chi connectivity index (χ1) is 13.9. The second kappa shape index (κ2) is 9.22. The molecule has 0 spiro atoms. The van der Waals surface area contributed by atoms with Crippen LogP contribution in [0.15, 0.2) is 30.8 Å². The normalized spacial score (nSPS) is 12.0. The first-order valence-corrected chi connectivity index (χ1v) is 12.4. The Morgan fingerprint density at radius 3 is 2.17 bits per heavy atom. The van der Waals surface area contributed by atoms with Crippen LogP contribution in [0.25, 0.3) is 17.0 Å². The number of hydrogen-bond acceptors (Lipinski definition) is 4. The Morgan fingerprint density at radius 1 is 1.03 bits per heavy atom. The van der Waals surface area contributed by atoms with Crippen LogP contribution in [0.4, 0.5) is 13.2 Å². The lowest BCUT2D eigenvalue weighted by Gasteiger charge is -2.36. The van der Waals surface area contributed by atoms with Crippen LogP contribution >= 0.6 is 0 Å². The number of pyridine rings is 1. The summed E-state index contributed by atoms with van der Waals surface area (Å²) in [5.74, 6) is -2.69. The average Bonchev–Trinajstić information content (AvgIpc) is 2.64. The molecule has 0 unspecified atom stereocenters. The molecule has 164 valence electrons. The maximum absolute atomic E-state index is 14.6. The zero-order valence-electron chi connectivity index (χ0n) is 18.2. The molecule has 1 aromatic heterocycles. The van der Waals surface area contributed by atoms with E-state index in [4.69, 9.17) is 13.9 Å². The predicted octanol–water partition coefficient (Wildman–Crippen LogP) is 6.18. The molecule has 0 radical (unpaired) electrons. The van der Waals surface area contributed by atoms with E-state index in [0.29, 0.717) is 6.61 Å². The molecule has 1 aromatic carbocycles. The van der Waals surface area contributed by atoms with Crippen molar-refractivity contribution in [2.24, 2.45) is 0 Å². The Balaban J connectivity index is 2.18. The molecule has 0 amide bonds. The molecule has 0 atom stereocenters. The number of hydrogen-bond donors (Lipinski definition) is 0. The fourth-order valence-electron chi connectivity index (χ4n) is 2.41. The third-order valence-corrected chi connectivity index (χ3v) is 9.79. The lowest BCUT2D eigenvalue weighted by atomic mass is 10.1. The van der Waals surface area contributed by atoms with Gasteiger partial charge >= 0.3 is 0 Å². The highest BCUT2D eigenvalue weighted by molar-refractivity contribution is 6.74. The van der Waals surface area contributed by atoms with Gasteiger partial charge < -0.3 is 13.9 Å². The van der Waals surface area contributed by atoms with Gasteiger partial charge in [0, 0.05) is 12.1 Å². The number of ether oxygens (including phenoxy) is 2. The topological polar surface area (TPSA) is 40.6 Å². The fraction of sp³-hybridized carbons (Fsp3) is 0.409. The standard InChI is InChI=1S/C22H28F3NO3Si/c1-14(27-5)19-9-8-16(23)21(26-19)20-17(24)12-15(13-18(20)25)28-10-11-29-30(6,7)22(2,3)4/h8-9,12-13H,1,10-11H2,2-7H3. The van der Waals surface area contributed by atoms with Gasteiger partial charge in [-0.3, -0.25) is 0 Å². The van der Waals surface area contributed by atoms with E-state index in [2.05, 4.69) is 45.4 Å². The summed E-state index contributed by atoms with van der Waals surface area (Å²) in [4.78, 5) is 3.95. The molecular formula is C22H28F3NO3Si. The summed E-state index contributed by atoms with van der Waals surface area (Å²) < 4.78 is 59.9. The van der Waals surface area contributed by atoms with Crippen molar-refractivity contribution in [3.8, 4) is 17.0 Å². The van der Waals surface area contributed by atoms with E-state index in [9.17, 15) is 13.2 Å². The molecule has 0 aliphatic carbocycles. The number of aromatic nitrogens is 1. The van der Waals surface area contributed by atoms with Gasteiger partial charge in [0.15, 0.2) is 8.32 Å². The van der Waals surface area contributed by atoms with E-state index >= 15 is 0 Å². The molecule has 4 nitrogen and oxygen atoms in total. The Hall–Kier alpha value is -2.32. The van der Waals surface area contributed by atoms with Crippen LogP contribution in [-0.2, 0) is 9.16 Å². The van der Waals surface area contributed by atoms with Crippen molar-refractivity contribution in [2.45, 2.75) is 38.9 Å². The molecular weight excluding hydrogens is 411 g/mol. The number of rotatable bonds is 8. The molecule has 0 saturated carbocycles. The summed E-state index contributed by atoms with van der Waals surface area (Å²) in [5.41, 5.74) is -0.868. The van der Waals surface area contributed by atoms with Crippen molar-refractivity contribution in [3.63, 3.8) is 0 Å². The van der Waals surface area contributed by atoms with Crippen LogP contribution in [-0.4, -0.2) is 33.6 Å². The molecule has 0 aliphatic heterocycles. The molecule has 8 heteroatoms. The molecule has 1 heterocycles. The lowest BCUT2D eigenvalue weighted by Crippen LogP contribution is -2.41. The van der Waals surface area contributed by atoms with E-state index in [0.717, 1.165) is 18.2 Å². The summed E-state index contributed by atoms with van der Waals surface area (Å²) in [6.07, 6.45) is 0. The summed E-state index contributed by atoms with van der Waals surface area (Å²) in [6.45, 7) is 14.6. The quantitative estimate of drug-likeness (QED) is 0.280. The number of benzene rings is 1. The van der Waals surface area contributed by atoms with Gasteiger partial charge in [0.05, 0.1) is 19.3 Å². The third-order valence-electron chi connectivity index (χ3n) is 5.25. The van der Waals surface area contributed by atoms with Gasteiger partial charge in [0.1, 0.15) is 47.0 Å². The number of halogens is 3. The molecule has 0 bridgehead atoms. The summed E-state index contributed by atoms with van der Waals surface area (Å²) >= 11 is 0. The lowest BCUT2D eigenvalue weighted by molar-refractivity contribution is 0.202. The van der Waals surface area contributed by atoms with Crippen molar-refractivity contribution in [1.82, 2.24) is 4.98 Å². The van der Waals surface area contributed by atoms with Crippen molar-refractivity contribution >= 4 is 14.1 Å². The predicted molar refractivity (Wildman–Crippen MR) is 114 cm³/mol. The van der Waals surface area contributed by atoms with Gasteiger partial charge in [-0.2, -0.15) is 0 Å². The number of methoxy groups -OCH3 is 1. The largest absolute Gasteiger partial charge is 0.495 e. The average molecular weight is 440 g/mol. The van der Waals surface area contributed by atoms with E-state index < -0.39 is 37.0 Å². The molecule has 2 aromatic rings. The van der Waals surface area contributed by atoms with Gasteiger partial charge in [-0.05, 0) is 30.3 Å². The fourth-order valence-corrected chi connectivity index (χ4v) is 3.44. The minimum atomic E-state index is -1.94. The zero-order chi connectivity index (χ0) is 22.7. The second-order valence-corrected chi connectivity index (χ2v) is 13.2. The molecule has 30 heavy (non-hydrogen) atoms. The first-order valence-electron chi connectivity index (χ1n) is 9.53. The van der Waals surface area contributed by atoms with E-state index in [1.165, 1.54) is 13.2 Å². The van der Waals surface area contributed by atoms with Gasteiger partial charge in [-0.15, -0.1) is 0 Å². The molecule has 0 saturated heterocycles. The molecule has 2 rings (SSSR count). The monoisotopic (exact) mass is 439 g/mol. The van der Waals surface area contributed by atoms with Gasteiger partial charge in [-0.25, -0.2) is 18.2 Å². The Kier molecular flexibility index (Phi) is 7.36. The van der Waals surface area contributed by atoms with Crippen molar-refractivity contribution in [3.05, 3.63) is 54.0 Å². The van der Waals surface area contributed by atoms with Crippen LogP contribution < -0.4 is 4.74 Å². The van der Waals surface area contributed by atoms with Crippen LogP contribution in [0, 0.1) is 17.5 Å². The first kappa shape index (κ1) is 24.0. The maximum Gasteiger partial charge on any atom is 0.192 e. The summed E-state index contributed by atoms with van der Waals surface area (Å²) in [7, 11) is -0.567. The highest BCUT2D eigenvalue weighted by atomic mass is 28.4.